The third-order valence-electron chi connectivity index (χ3n) is 7.26. The molecule has 3 atom stereocenters. The van der Waals surface area contributed by atoms with Crippen LogP contribution in [0.2, 0.25) is 0 Å². The largest absolute Gasteiger partial charge is 0.365 e. The van der Waals surface area contributed by atoms with E-state index in [9.17, 15) is 0 Å². The van der Waals surface area contributed by atoms with Crippen molar-refractivity contribution in [2.24, 2.45) is 0 Å². The molecule has 0 spiro atoms. The normalized spacial score (nSPS) is 23.1. The molecule has 1 aromatic carbocycles. The Morgan fingerprint density at radius 3 is 2.82 bits per heavy atom. The van der Waals surface area contributed by atoms with Gasteiger partial charge >= 0.3 is 0 Å². The number of benzene rings is 1. The molecule has 2 aliphatic rings. The third kappa shape index (κ3) is 4.12. The van der Waals surface area contributed by atoms with Gasteiger partial charge in [-0.05, 0) is 50.8 Å². The lowest BCUT2D eigenvalue weighted by atomic mass is 9.90. The Morgan fingerprint density at radius 1 is 1.21 bits per heavy atom. The van der Waals surface area contributed by atoms with Crippen molar-refractivity contribution in [3.63, 3.8) is 0 Å². The molecule has 33 heavy (non-hydrogen) atoms. The summed E-state index contributed by atoms with van der Waals surface area (Å²) in [4.78, 5) is 18.4. The van der Waals surface area contributed by atoms with E-state index in [0.29, 0.717) is 12.1 Å². The van der Waals surface area contributed by atoms with Gasteiger partial charge in [-0.15, -0.1) is 0 Å². The number of nitrogens with one attached hydrogen (secondary N) is 2. The first-order chi connectivity index (χ1) is 16.1. The SMILES string of the molecule is C=C(CC)N1[C@H](c2cnc(N[C@H]3CCN(CCC)C3)cn2)c2[nH]c3ccccc3c2C[C@H]1C. The maximum atomic E-state index is 4.93. The molecule has 174 valence electrons. The second kappa shape index (κ2) is 9.18. The van der Waals surface area contributed by atoms with Crippen LogP contribution in [-0.4, -0.2) is 56.5 Å². The second-order valence-corrected chi connectivity index (χ2v) is 9.60. The van der Waals surface area contributed by atoms with Gasteiger partial charge in [0.1, 0.15) is 11.9 Å². The quantitative estimate of drug-likeness (QED) is 0.530. The molecule has 0 amide bonds. The number of para-hydroxylation sites is 1. The summed E-state index contributed by atoms with van der Waals surface area (Å²) in [6.07, 6.45) is 8.14. The maximum Gasteiger partial charge on any atom is 0.144 e. The minimum Gasteiger partial charge on any atom is -0.365 e. The highest BCUT2D eigenvalue weighted by Gasteiger charge is 2.37. The van der Waals surface area contributed by atoms with Crippen molar-refractivity contribution >= 4 is 16.7 Å². The highest BCUT2D eigenvalue weighted by molar-refractivity contribution is 5.85. The summed E-state index contributed by atoms with van der Waals surface area (Å²) in [6, 6.07) is 9.39. The Kier molecular flexibility index (Phi) is 6.11. The zero-order valence-corrected chi connectivity index (χ0v) is 20.1. The van der Waals surface area contributed by atoms with Crippen molar-refractivity contribution in [2.45, 2.75) is 64.6 Å². The first kappa shape index (κ1) is 22.0. The van der Waals surface area contributed by atoms with Gasteiger partial charge in [0, 0.05) is 47.5 Å². The van der Waals surface area contributed by atoms with Gasteiger partial charge in [0.15, 0.2) is 0 Å². The highest BCUT2D eigenvalue weighted by atomic mass is 15.2. The fourth-order valence-electron chi connectivity index (χ4n) is 5.66. The van der Waals surface area contributed by atoms with E-state index in [1.807, 2.05) is 12.4 Å². The van der Waals surface area contributed by atoms with Gasteiger partial charge < -0.3 is 20.1 Å². The molecule has 5 rings (SSSR count). The Balaban J connectivity index is 1.45. The number of hydrogen-bond donors (Lipinski definition) is 2. The van der Waals surface area contributed by atoms with Crippen LogP contribution in [0.5, 0.6) is 0 Å². The Morgan fingerprint density at radius 2 is 2.06 bits per heavy atom. The van der Waals surface area contributed by atoms with E-state index in [0.717, 1.165) is 49.6 Å². The van der Waals surface area contributed by atoms with Gasteiger partial charge in [0.05, 0.1) is 18.1 Å². The number of likely N-dealkylation sites (tertiary alicyclic amines) is 1. The molecular weight excluding hydrogens is 408 g/mol. The lowest BCUT2D eigenvalue weighted by molar-refractivity contribution is 0.192. The van der Waals surface area contributed by atoms with Gasteiger partial charge in [0.25, 0.3) is 0 Å². The van der Waals surface area contributed by atoms with Crippen LogP contribution in [0.4, 0.5) is 5.82 Å². The number of hydrogen-bond acceptors (Lipinski definition) is 5. The van der Waals surface area contributed by atoms with Crippen molar-refractivity contribution in [3.05, 3.63) is 65.9 Å². The van der Waals surface area contributed by atoms with Crippen LogP contribution < -0.4 is 5.32 Å². The number of rotatable bonds is 7. The smallest absolute Gasteiger partial charge is 0.144 e. The number of anilines is 1. The summed E-state index contributed by atoms with van der Waals surface area (Å²) in [5.74, 6) is 0.865. The Bertz CT molecular complexity index is 1120. The van der Waals surface area contributed by atoms with E-state index in [1.165, 1.54) is 35.1 Å². The van der Waals surface area contributed by atoms with Crippen molar-refractivity contribution in [2.75, 3.05) is 25.0 Å². The minimum atomic E-state index is -0.00308. The average molecular weight is 445 g/mol. The molecule has 0 aliphatic carbocycles. The van der Waals surface area contributed by atoms with Crippen LogP contribution in [0.25, 0.3) is 10.9 Å². The van der Waals surface area contributed by atoms with E-state index in [-0.39, 0.29) is 6.04 Å². The zero-order valence-electron chi connectivity index (χ0n) is 20.1. The molecule has 4 heterocycles. The van der Waals surface area contributed by atoms with Crippen LogP contribution in [0.1, 0.15) is 63.0 Å². The summed E-state index contributed by atoms with van der Waals surface area (Å²) in [5.41, 5.74) is 5.92. The fraction of sp³-hybridized carbons (Fsp3) is 0.481. The summed E-state index contributed by atoms with van der Waals surface area (Å²) in [6.45, 7) is 14.5. The fourth-order valence-corrected chi connectivity index (χ4v) is 5.66. The second-order valence-electron chi connectivity index (χ2n) is 9.60. The van der Waals surface area contributed by atoms with E-state index < -0.39 is 0 Å². The van der Waals surface area contributed by atoms with E-state index in [1.54, 1.807) is 0 Å². The number of aromatic amines is 1. The molecule has 3 aromatic rings. The molecule has 0 saturated carbocycles. The first-order valence-electron chi connectivity index (χ1n) is 12.4. The van der Waals surface area contributed by atoms with E-state index >= 15 is 0 Å². The van der Waals surface area contributed by atoms with Gasteiger partial charge in [-0.1, -0.05) is 38.6 Å². The van der Waals surface area contributed by atoms with Crippen molar-refractivity contribution < 1.29 is 0 Å². The minimum absolute atomic E-state index is 0.00308. The summed E-state index contributed by atoms with van der Waals surface area (Å²) in [5, 5.41) is 4.91. The van der Waals surface area contributed by atoms with Gasteiger partial charge in [-0.2, -0.15) is 0 Å². The summed E-state index contributed by atoms with van der Waals surface area (Å²) in [7, 11) is 0. The molecule has 1 saturated heterocycles. The molecule has 0 bridgehead atoms. The van der Waals surface area contributed by atoms with Gasteiger partial charge in [0.2, 0.25) is 0 Å². The van der Waals surface area contributed by atoms with Gasteiger partial charge in [-0.25, -0.2) is 4.98 Å². The van der Waals surface area contributed by atoms with Crippen molar-refractivity contribution in [1.29, 1.82) is 0 Å². The van der Waals surface area contributed by atoms with E-state index in [4.69, 9.17) is 9.97 Å². The number of aromatic nitrogens is 3. The molecule has 0 unspecified atom stereocenters. The Labute approximate surface area is 197 Å². The summed E-state index contributed by atoms with van der Waals surface area (Å²) < 4.78 is 0. The van der Waals surface area contributed by atoms with E-state index in [2.05, 4.69) is 71.7 Å². The number of H-pyrrole nitrogens is 1. The molecule has 2 N–H and O–H groups in total. The van der Waals surface area contributed by atoms with Crippen LogP contribution in [0.3, 0.4) is 0 Å². The predicted molar refractivity (Wildman–Crippen MR) is 135 cm³/mol. The van der Waals surface area contributed by atoms with Crippen LogP contribution in [0, 0.1) is 0 Å². The van der Waals surface area contributed by atoms with Gasteiger partial charge in [-0.3, -0.25) is 4.98 Å². The van der Waals surface area contributed by atoms with Crippen LogP contribution in [0.15, 0.2) is 48.9 Å². The number of allylic oxidation sites excluding steroid dienone is 1. The molecular formula is C27H36N6. The summed E-state index contributed by atoms with van der Waals surface area (Å²) >= 11 is 0. The van der Waals surface area contributed by atoms with Crippen LogP contribution >= 0.6 is 0 Å². The number of nitrogens with zero attached hydrogens (tertiary/aromatic N) is 4. The highest BCUT2D eigenvalue weighted by Crippen LogP contribution is 2.42. The maximum absolute atomic E-state index is 4.93. The van der Waals surface area contributed by atoms with Crippen molar-refractivity contribution in [1.82, 2.24) is 24.8 Å². The molecule has 6 heteroatoms. The van der Waals surface area contributed by atoms with Crippen molar-refractivity contribution in [3.8, 4) is 0 Å². The first-order valence-corrected chi connectivity index (χ1v) is 12.4. The average Bonchev–Trinajstić information content (AvgIpc) is 3.42. The molecule has 2 aliphatic heterocycles. The molecule has 0 radical (unpaired) electrons. The topological polar surface area (TPSA) is 60.1 Å². The monoisotopic (exact) mass is 444 g/mol. The number of fused-ring (bicyclic) bond motifs is 3. The lowest BCUT2D eigenvalue weighted by Gasteiger charge is -2.43. The lowest BCUT2D eigenvalue weighted by Crippen LogP contribution is -2.42. The molecule has 6 nitrogen and oxygen atoms in total. The molecule has 1 fully saturated rings. The Hall–Kier alpha value is -2.86. The third-order valence-corrected chi connectivity index (χ3v) is 7.26. The molecule has 2 aromatic heterocycles. The predicted octanol–water partition coefficient (Wildman–Crippen LogP) is 5.11. The van der Waals surface area contributed by atoms with Crippen LogP contribution in [-0.2, 0) is 6.42 Å². The zero-order chi connectivity index (χ0) is 22.9. The standard InChI is InChI=1S/C27H36N6/c1-5-12-32-13-11-20(17-32)30-25-16-28-24(15-29-25)27-26-22(14-19(4)33(27)18(3)6-2)21-9-7-8-10-23(21)31-26/h7-10,15-16,19-20,27,31H,3,5-6,11-14,17H2,1-2,4H3,(H,29,30)/t19-,20+,27-/m1/s1.